The molecule has 7 heteroatoms. The zero-order valence-corrected chi connectivity index (χ0v) is 13.8. The van der Waals surface area contributed by atoms with Gasteiger partial charge >= 0.3 is 0 Å². The topological polar surface area (TPSA) is 44.3 Å². The molecule has 1 aromatic carbocycles. The van der Waals surface area contributed by atoms with Gasteiger partial charge in [0.1, 0.15) is 5.82 Å². The van der Waals surface area contributed by atoms with E-state index in [0.717, 1.165) is 32.1 Å². The van der Waals surface area contributed by atoms with Gasteiger partial charge in [-0.3, -0.25) is 0 Å². The summed E-state index contributed by atoms with van der Waals surface area (Å²) in [5.41, 5.74) is 0.661. The highest BCUT2D eigenvalue weighted by atomic mass is 35.5. The normalized spacial score (nSPS) is 15.9. The van der Waals surface area contributed by atoms with E-state index in [1.165, 1.54) is 0 Å². The van der Waals surface area contributed by atoms with Crippen LogP contribution in [0.5, 0.6) is 0 Å². The van der Waals surface area contributed by atoms with E-state index in [4.69, 9.17) is 23.2 Å². The van der Waals surface area contributed by atoms with Crippen molar-refractivity contribution in [1.29, 1.82) is 0 Å². The van der Waals surface area contributed by atoms with E-state index < -0.39 is 0 Å². The Morgan fingerprint density at radius 3 is 2.41 bits per heavy atom. The van der Waals surface area contributed by atoms with Gasteiger partial charge in [0.2, 0.25) is 5.95 Å². The summed E-state index contributed by atoms with van der Waals surface area (Å²) < 4.78 is 0. The maximum atomic E-state index is 6.18. The Labute approximate surface area is 139 Å². The van der Waals surface area contributed by atoms with Crippen LogP contribution in [0.4, 0.5) is 17.5 Å². The minimum atomic E-state index is 0.562. The molecule has 2 heterocycles. The van der Waals surface area contributed by atoms with Crippen molar-refractivity contribution in [3.63, 3.8) is 0 Å². The number of anilines is 3. The van der Waals surface area contributed by atoms with Crippen LogP contribution in [0.3, 0.4) is 0 Å². The molecule has 0 unspecified atom stereocenters. The maximum Gasteiger partial charge on any atom is 0.227 e. The Bertz CT molecular complexity index is 636. The van der Waals surface area contributed by atoms with Crippen LogP contribution >= 0.6 is 23.2 Å². The fraction of sp³-hybridized carbons (Fsp3) is 0.333. The number of hydrogen-bond acceptors (Lipinski definition) is 5. The van der Waals surface area contributed by atoms with Crippen molar-refractivity contribution in [2.75, 3.05) is 43.4 Å². The largest absolute Gasteiger partial charge is 0.338 e. The molecule has 2 aromatic rings. The van der Waals surface area contributed by atoms with Gasteiger partial charge in [0.05, 0.1) is 15.7 Å². The molecule has 1 saturated heterocycles. The third-order valence-electron chi connectivity index (χ3n) is 3.64. The zero-order chi connectivity index (χ0) is 15.5. The monoisotopic (exact) mass is 337 g/mol. The highest BCUT2D eigenvalue weighted by Gasteiger charge is 2.17. The molecule has 0 radical (unpaired) electrons. The summed E-state index contributed by atoms with van der Waals surface area (Å²) in [6, 6.07) is 7.20. The Hall–Kier alpha value is -1.56. The first kappa shape index (κ1) is 15.3. The highest BCUT2D eigenvalue weighted by molar-refractivity contribution is 6.39. The van der Waals surface area contributed by atoms with E-state index in [1.54, 1.807) is 24.4 Å². The van der Waals surface area contributed by atoms with Gasteiger partial charge in [-0.25, -0.2) is 4.98 Å². The predicted molar refractivity (Wildman–Crippen MR) is 91.5 cm³/mol. The minimum absolute atomic E-state index is 0.562. The molecule has 1 fully saturated rings. The number of piperazine rings is 1. The fourth-order valence-corrected chi connectivity index (χ4v) is 2.81. The average molecular weight is 338 g/mol. The molecule has 0 spiro atoms. The van der Waals surface area contributed by atoms with Crippen molar-refractivity contribution in [1.82, 2.24) is 14.9 Å². The SMILES string of the molecule is CN1CCN(c2nccc(Nc3c(Cl)cccc3Cl)n2)CC1. The molecule has 0 atom stereocenters. The zero-order valence-electron chi connectivity index (χ0n) is 12.3. The average Bonchev–Trinajstić information content (AvgIpc) is 2.52. The lowest BCUT2D eigenvalue weighted by molar-refractivity contribution is 0.311. The summed E-state index contributed by atoms with van der Waals surface area (Å²) in [6.07, 6.45) is 1.74. The van der Waals surface area contributed by atoms with Crippen LogP contribution in [0.2, 0.25) is 10.0 Å². The van der Waals surface area contributed by atoms with Gasteiger partial charge < -0.3 is 15.1 Å². The predicted octanol–water partition coefficient (Wildman–Crippen LogP) is 3.28. The van der Waals surface area contributed by atoms with Gasteiger partial charge in [0.25, 0.3) is 0 Å². The molecular weight excluding hydrogens is 321 g/mol. The number of rotatable bonds is 3. The first-order valence-corrected chi connectivity index (χ1v) is 7.86. The summed E-state index contributed by atoms with van der Waals surface area (Å²) >= 11 is 12.4. The molecule has 1 aromatic heterocycles. The summed E-state index contributed by atoms with van der Waals surface area (Å²) in [6.45, 7) is 3.87. The Morgan fingerprint density at radius 2 is 1.73 bits per heavy atom. The molecule has 0 aliphatic carbocycles. The van der Waals surface area contributed by atoms with Crippen molar-refractivity contribution in [3.8, 4) is 0 Å². The summed E-state index contributed by atoms with van der Waals surface area (Å²) in [4.78, 5) is 13.4. The Balaban J connectivity index is 1.79. The third kappa shape index (κ3) is 3.43. The van der Waals surface area contributed by atoms with Crippen LogP contribution in [0.25, 0.3) is 0 Å². The van der Waals surface area contributed by atoms with Crippen LogP contribution in [-0.2, 0) is 0 Å². The highest BCUT2D eigenvalue weighted by Crippen LogP contribution is 2.32. The van der Waals surface area contributed by atoms with E-state index in [0.29, 0.717) is 21.6 Å². The third-order valence-corrected chi connectivity index (χ3v) is 4.27. The Kier molecular flexibility index (Phi) is 4.66. The second-order valence-electron chi connectivity index (χ2n) is 5.25. The van der Waals surface area contributed by atoms with Gasteiger partial charge in [0, 0.05) is 32.4 Å². The minimum Gasteiger partial charge on any atom is -0.338 e. The molecule has 1 aliphatic heterocycles. The molecular formula is C15H17Cl2N5. The first-order valence-electron chi connectivity index (χ1n) is 7.11. The number of hydrogen-bond donors (Lipinski definition) is 1. The van der Waals surface area contributed by atoms with Crippen molar-refractivity contribution in [2.24, 2.45) is 0 Å². The van der Waals surface area contributed by atoms with E-state index in [9.17, 15) is 0 Å². The lowest BCUT2D eigenvalue weighted by Gasteiger charge is -2.32. The van der Waals surface area contributed by atoms with Crippen LogP contribution in [-0.4, -0.2) is 48.1 Å². The summed E-state index contributed by atoms with van der Waals surface area (Å²) in [7, 11) is 2.12. The van der Waals surface area contributed by atoms with Gasteiger partial charge in [-0.05, 0) is 25.2 Å². The number of para-hydroxylation sites is 1. The molecule has 1 aliphatic rings. The van der Waals surface area contributed by atoms with Crippen molar-refractivity contribution in [3.05, 3.63) is 40.5 Å². The van der Waals surface area contributed by atoms with Gasteiger partial charge in [-0.15, -0.1) is 0 Å². The van der Waals surface area contributed by atoms with Crippen LogP contribution in [0, 0.1) is 0 Å². The number of nitrogens with zero attached hydrogens (tertiary/aromatic N) is 4. The van der Waals surface area contributed by atoms with E-state index >= 15 is 0 Å². The van der Waals surface area contributed by atoms with Crippen LogP contribution in [0.15, 0.2) is 30.5 Å². The van der Waals surface area contributed by atoms with Gasteiger partial charge in [-0.1, -0.05) is 29.3 Å². The number of aromatic nitrogens is 2. The Morgan fingerprint density at radius 1 is 1.05 bits per heavy atom. The molecule has 0 bridgehead atoms. The molecule has 22 heavy (non-hydrogen) atoms. The maximum absolute atomic E-state index is 6.18. The second kappa shape index (κ2) is 6.69. The number of benzene rings is 1. The number of likely N-dealkylation sites (N-methyl/N-ethyl adjacent to an activating group) is 1. The molecule has 1 N–H and O–H groups in total. The number of halogens is 2. The number of nitrogens with one attached hydrogen (secondary N) is 1. The lowest BCUT2D eigenvalue weighted by atomic mass is 10.3. The van der Waals surface area contributed by atoms with Crippen LogP contribution in [0.1, 0.15) is 0 Å². The lowest BCUT2D eigenvalue weighted by Crippen LogP contribution is -2.45. The van der Waals surface area contributed by atoms with E-state index in [2.05, 4.69) is 32.1 Å². The van der Waals surface area contributed by atoms with Crippen LogP contribution < -0.4 is 10.2 Å². The van der Waals surface area contributed by atoms with Crippen molar-refractivity contribution in [2.45, 2.75) is 0 Å². The fourth-order valence-electron chi connectivity index (χ4n) is 2.32. The van der Waals surface area contributed by atoms with E-state index in [1.807, 2.05) is 6.07 Å². The van der Waals surface area contributed by atoms with Gasteiger partial charge in [0.15, 0.2) is 0 Å². The smallest absolute Gasteiger partial charge is 0.227 e. The standard InChI is InChI=1S/C15H17Cl2N5/c1-21-7-9-22(10-8-21)15-18-6-5-13(20-15)19-14-11(16)3-2-4-12(14)17/h2-6H,7-10H2,1H3,(H,18,19,20). The summed E-state index contributed by atoms with van der Waals surface area (Å²) in [5, 5.41) is 4.30. The molecule has 5 nitrogen and oxygen atoms in total. The van der Waals surface area contributed by atoms with Gasteiger partial charge in [-0.2, -0.15) is 4.98 Å². The first-order chi connectivity index (χ1) is 10.6. The summed E-state index contributed by atoms with van der Waals surface area (Å²) in [5.74, 6) is 1.40. The molecule has 116 valence electrons. The molecule has 0 amide bonds. The quantitative estimate of drug-likeness (QED) is 0.931. The molecule has 3 rings (SSSR count). The molecule has 0 saturated carbocycles. The van der Waals surface area contributed by atoms with Crippen molar-refractivity contribution >= 4 is 40.7 Å². The second-order valence-corrected chi connectivity index (χ2v) is 6.07. The van der Waals surface area contributed by atoms with E-state index in [-0.39, 0.29) is 0 Å². The van der Waals surface area contributed by atoms with Crippen molar-refractivity contribution < 1.29 is 0 Å².